The third kappa shape index (κ3) is 3.57. The standard InChI is InChI=1S/C12H15AsNO4/c1-3-9(4-2)13-10-6-5-8(12(15)16)7-11(10)14(17)18/h5-7,9H,3-4H2,1-2H3,(H,15,16). The van der Waals surface area contributed by atoms with Crippen LogP contribution in [0.1, 0.15) is 37.0 Å². The Kier molecular flexibility index (Phi) is 5.35. The van der Waals surface area contributed by atoms with Crippen molar-refractivity contribution in [3.63, 3.8) is 0 Å². The van der Waals surface area contributed by atoms with Gasteiger partial charge in [-0.1, -0.05) is 0 Å². The zero-order valence-electron chi connectivity index (χ0n) is 10.3. The van der Waals surface area contributed by atoms with Crippen molar-refractivity contribution in [2.75, 3.05) is 0 Å². The predicted molar refractivity (Wildman–Crippen MR) is 69.8 cm³/mol. The molecular weight excluding hydrogens is 297 g/mol. The molecule has 1 aromatic rings. The monoisotopic (exact) mass is 312 g/mol. The molecule has 18 heavy (non-hydrogen) atoms. The van der Waals surface area contributed by atoms with E-state index in [9.17, 15) is 14.9 Å². The molecule has 0 atom stereocenters. The molecule has 1 radical (unpaired) electrons. The average molecular weight is 312 g/mol. The second-order valence-electron chi connectivity index (χ2n) is 3.87. The van der Waals surface area contributed by atoms with Crippen molar-refractivity contribution in [1.82, 2.24) is 0 Å². The molecular formula is C12H15AsNO4. The van der Waals surface area contributed by atoms with Gasteiger partial charge in [0.1, 0.15) is 0 Å². The summed E-state index contributed by atoms with van der Waals surface area (Å²) in [4.78, 5) is 21.3. The van der Waals surface area contributed by atoms with Crippen molar-refractivity contribution in [1.29, 1.82) is 0 Å². The van der Waals surface area contributed by atoms with Gasteiger partial charge in [-0.05, 0) is 0 Å². The van der Waals surface area contributed by atoms with Crippen LogP contribution in [0.15, 0.2) is 18.2 Å². The van der Waals surface area contributed by atoms with E-state index in [1.165, 1.54) is 6.07 Å². The molecule has 6 heteroatoms. The summed E-state index contributed by atoms with van der Waals surface area (Å²) in [6.07, 6.45) is 1.99. The summed E-state index contributed by atoms with van der Waals surface area (Å²) < 4.78 is 1.19. The number of rotatable bonds is 6. The van der Waals surface area contributed by atoms with Gasteiger partial charge in [-0.15, -0.1) is 0 Å². The summed E-state index contributed by atoms with van der Waals surface area (Å²) in [6, 6.07) is 4.21. The molecule has 5 nitrogen and oxygen atoms in total. The maximum absolute atomic E-state index is 11.0. The molecule has 0 aliphatic rings. The molecule has 0 heterocycles. The van der Waals surface area contributed by atoms with Gasteiger partial charge in [-0.3, -0.25) is 0 Å². The molecule has 0 spiro atoms. The third-order valence-corrected chi connectivity index (χ3v) is 6.36. The predicted octanol–water partition coefficient (Wildman–Crippen LogP) is 2.23. The van der Waals surface area contributed by atoms with Crippen molar-refractivity contribution in [2.24, 2.45) is 0 Å². The Hall–Kier alpha value is -1.35. The van der Waals surface area contributed by atoms with Gasteiger partial charge >= 0.3 is 112 Å². The topological polar surface area (TPSA) is 80.4 Å². The summed E-state index contributed by atoms with van der Waals surface area (Å²) in [5.74, 6) is -1.14. The van der Waals surface area contributed by atoms with E-state index in [0.717, 1.165) is 18.9 Å². The van der Waals surface area contributed by atoms with E-state index in [1.54, 1.807) is 6.07 Å². The number of nitrogens with zero attached hydrogens (tertiary/aromatic N) is 1. The fourth-order valence-corrected chi connectivity index (χ4v) is 4.09. The number of carboxylic acid groups (broad SMARTS) is 1. The summed E-state index contributed by atoms with van der Waals surface area (Å²) in [6.45, 7) is 4.14. The van der Waals surface area contributed by atoms with Gasteiger partial charge < -0.3 is 0 Å². The number of hydrogen-bond acceptors (Lipinski definition) is 3. The van der Waals surface area contributed by atoms with Crippen LogP contribution in [0.25, 0.3) is 0 Å². The van der Waals surface area contributed by atoms with Crippen molar-refractivity contribution in [2.45, 2.75) is 31.4 Å². The van der Waals surface area contributed by atoms with Crippen LogP contribution in [0.3, 0.4) is 0 Å². The molecule has 1 N–H and O–H groups in total. The first-order valence-electron chi connectivity index (χ1n) is 5.72. The Bertz CT molecular complexity index is 457. The third-order valence-electron chi connectivity index (χ3n) is 2.68. The second-order valence-corrected chi connectivity index (χ2v) is 6.95. The van der Waals surface area contributed by atoms with Gasteiger partial charge in [0.25, 0.3) is 0 Å². The Labute approximate surface area is 112 Å². The van der Waals surface area contributed by atoms with Crippen LogP contribution in [-0.2, 0) is 0 Å². The normalized spacial score (nSPS) is 11.3. The first kappa shape index (κ1) is 14.7. The van der Waals surface area contributed by atoms with Crippen LogP contribution < -0.4 is 4.35 Å². The van der Waals surface area contributed by atoms with Gasteiger partial charge in [0, 0.05) is 0 Å². The molecule has 0 aliphatic heterocycles. The molecule has 1 aromatic carbocycles. The number of carbonyl (C=O) groups is 1. The summed E-state index contributed by atoms with van der Waals surface area (Å²) in [7, 11) is 0. The Morgan fingerprint density at radius 3 is 2.50 bits per heavy atom. The quantitative estimate of drug-likeness (QED) is 0.496. The van der Waals surface area contributed by atoms with E-state index in [1.807, 2.05) is 0 Å². The first-order chi connectivity index (χ1) is 8.49. The fourth-order valence-electron chi connectivity index (χ4n) is 1.58. The van der Waals surface area contributed by atoms with Crippen LogP contribution in [0.5, 0.6) is 0 Å². The molecule has 0 fully saturated rings. The number of carboxylic acids is 1. The molecule has 97 valence electrons. The molecule has 1 rings (SSSR count). The summed E-state index contributed by atoms with van der Waals surface area (Å²) >= 11 is -0.303. The number of aromatic carboxylic acids is 1. The minimum absolute atomic E-state index is 0.0313. The van der Waals surface area contributed by atoms with Gasteiger partial charge in [-0.2, -0.15) is 0 Å². The molecule has 0 aromatic heterocycles. The van der Waals surface area contributed by atoms with E-state index >= 15 is 0 Å². The number of nitro groups is 1. The van der Waals surface area contributed by atoms with Crippen molar-refractivity contribution < 1.29 is 14.8 Å². The average Bonchev–Trinajstić information content (AvgIpc) is 2.35. The Morgan fingerprint density at radius 1 is 1.44 bits per heavy atom. The second kappa shape index (κ2) is 6.55. The number of hydrogen-bond donors (Lipinski definition) is 1. The Morgan fingerprint density at radius 2 is 2.06 bits per heavy atom. The number of nitro benzene ring substituents is 1. The number of benzene rings is 1. The summed E-state index contributed by atoms with van der Waals surface area (Å²) in [5.41, 5.74) is -0.0852. The zero-order chi connectivity index (χ0) is 13.7. The van der Waals surface area contributed by atoms with Crippen LogP contribution in [-0.4, -0.2) is 31.8 Å². The molecule has 0 unspecified atom stereocenters. The molecule has 0 bridgehead atoms. The molecule has 0 amide bonds. The van der Waals surface area contributed by atoms with E-state index in [4.69, 9.17) is 5.11 Å². The van der Waals surface area contributed by atoms with Gasteiger partial charge in [0.15, 0.2) is 0 Å². The minimum atomic E-state index is -1.14. The maximum atomic E-state index is 11.0. The molecule has 0 saturated heterocycles. The van der Waals surface area contributed by atoms with Crippen molar-refractivity contribution >= 4 is 31.8 Å². The SMILES string of the molecule is CCC(CC)[As]c1ccc(C(=O)O)cc1[N+](=O)[O-]. The van der Waals surface area contributed by atoms with Crippen molar-refractivity contribution in [3.05, 3.63) is 33.9 Å². The van der Waals surface area contributed by atoms with E-state index in [-0.39, 0.29) is 27.0 Å². The van der Waals surface area contributed by atoms with Gasteiger partial charge in [-0.25, -0.2) is 0 Å². The molecule has 0 aliphatic carbocycles. The van der Waals surface area contributed by atoms with E-state index in [2.05, 4.69) is 13.8 Å². The first-order valence-corrected chi connectivity index (χ1v) is 7.74. The van der Waals surface area contributed by atoms with Gasteiger partial charge in [0.2, 0.25) is 0 Å². The van der Waals surface area contributed by atoms with Crippen LogP contribution in [0, 0.1) is 10.1 Å². The summed E-state index contributed by atoms with van der Waals surface area (Å²) in [5, 5.41) is 19.8. The van der Waals surface area contributed by atoms with Gasteiger partial charge in [0.05, 0.1) is 0 Å². The van der Waals surface area contributed by atoms with Crippen LogP contribution in [0.2, 0.25) is 4.71 Å². The fraction of sp³-hybridized carbons (Fsp3) is 0.417. The van der Waals surface area contributed by atoms with Crippen LogP contribution >= 0.6 is 0 Å². The van der Waals surface area contributed by atoms with Crippen LogP contribution in [0.4, 0.5) is 5.69 Å². The van der Waals surface area contributed by atoms with E-state index < -0.39 is 10.9 Å². The zero-order valence-corrected chi connectivity index (χ0v) is 12.2. The molecule has 0 saturated carbocycles. The van der Waals surface area contributed by atoms with Crippen molar-refractivity contribution in [3.8, 4) is 0 Å². The van der Waals surface area contributed by atoms with E-state index in [0.29, 0.717) is 9.06 Å². The Balaban J connectivity index is 3.11.